The number of allylic oxidation sites excluding steroid dienone is 1. The van der Waals surface area contributed by atoms with Crippen LogP contribution in [0.15, 0.2) is 12.3 Å². The molecule has 0 aromatic heterocycles. The lowest BCUT2D eigenvalue weighted by atomic mass is 10.4. The monoisotopic (exact) mass is 135 g/mol. The molecule has 0 rings (SSSR count). The first-order valence-corrected chi connectivity index (χ1v) is 2.34. The van der Waals surface area contributed by atoms with E-state index >= 15 is 0 Å². The number of alkyl halides is 2. The van der Waals surface area contributed by atoms with Crippen LogP contribution in [0.3, 0.4) is 0 Å². The highest BCUT2D eigenvalue weighted by Gasteiger charge is 2.09. The zero-order chi connectivity index (χ0) is 7.28. The summed E-state index contributed by atoms with van der Waals surface area (Å²) in [6, 6.07) is 0. The van der Waals surface area contributed by atoms with E-state index in [2.05, 4.69) is 5.32 Å². The summed E-state index contributed by atoms with van der Waals surface area (Å²) < 4.78 is 22.6. The Kier molecular flexibility index (Phi) is 3.59. The molecule has 52 valence electrons. The van der Waals surface area contributed by atoms with Gasteiger partial charge in [-0.1, -0.05) is 0 Å². The van der Waals surface area contributed by atoms with E-state index < -0.39 is 12.2 Å². The summed E-state index contributed by atoms with van der Waals surface area (Å²) in [6.07, 6.45) is -0.936. The number of carbonyl (C=O) groups excluding carboxylic acids is 1. The molecule has 1 N–H and O–H groups in total. The summed E-state index contributed by atoms with van der Waals surface area (Å²) in [6.45, 7) is 0. The van der Waals surface area contributed by atoms with Gasteiger partial charge in [0, 0.05) is 13.1 Å². The summed E-state index contributed by atoms with van der Waals surface area (Å²) in [7, 11) is 1.52. The molecule has 0 saturated heterocycles. The molecule has 0 aliphatic heterocycles. The van der Waals surface area contributed by atoms with Gasteiger partial charge in [-0.05, 0) is 6.20 Å². The molecule has 0 unspecified atom stereocenters. The fourth-order valence-electron chi connectivity index (χ4n) is 0.238. The fraction of sp³-hybridized carbons (Fsp3) is 0.400. The lowest BCUT2D eigenvalue weighted by molar-refractivity contribution is -0.124. The normalized spacial score (nSPS) is 10.7. The third-order valence-electron chi connectivity index (χ3n) is 0.629. The van der Waals surface area contributed by atoms with Crippen molar-refractivity contribution in [3.8, 4) is 0 Å². The molecule has 0 fully saturated rings. The Labute approximate surface area is 51.6 Å². The summed E-state index contributed by atoms with van der Waals surface area (Å²) in [4.78, 5) is 10.0. The molecule has 9 heavy (non-hydrogen) atoms. The Bertz CT molecular complexity index is 122. The van der Waals surface area contributed by atoms with Gasteiger partial charge in [-0.25, -0.2) is 8.78 Å². The Morgan fingerprint density at radius 3 is 2.56 bits per heavy atom. The van der Waals surface area contributed by atoms with E-state index in [0.29, 0.717) is 0 Å². The second kappa shape index (κ2) is 4.00. The van der Waals surface area contributed by atoms with Crippen molar-refractivity contribution in [2.75, 3.05) is 7.05 Å². The van der Waals surface area contributed by atoms with Gasteiger partial charge < -0.3 is 5.32 Å². The van der Waals surface area contributed by atoms with Crippen molar-refractivity contribution in [2.24, 2.45) is 0 Å². The second-order valence-corrected chi connectivity index (χ2v) is 1.33. The van der Waals surface area contributed by atoms with Gasteiger partial charge in [-0.2, -0.15) is 0 Å². The minimum atomic E-state index is -2.89. The van der Waals surface area contributed by atoms with Crippen LogP contribution in [0.25, 0.3) is 0 Å². The van der Waals surface area contributed by atoms with E-state index in [1.54, 1.807) is 0 Å². The van der Waals surface area contributed by atoms with Crippen molar-refractivity contribution < 1.29 is 13.6 Å². The summed E-state index contributed by atoms with van der Waals surface area (Å²) >= 11 is 0. The molecular weight excluding hydrogens is 128 g/mol. The molecule has 0 aromatic rings. The molecule has 0 heterocycles. The van der Waals surface area contributed by atoms with Gasteiger partial charge in [-0.3, -0.25) is 4.79 Å². The average molecular weight is 135 g/mol. The molecular formula is C5H7F2NO. The van der Waals surface area contributed by atoms with E-state index in [1.807, 2.05) is 0 Å². The van der Waals surface area contributed by atoms with Gasteiger partial charge in [0.2, 0.25) is 5.78 Å². The summed E-state index contributed by atoms with van der Waals surface area (Å²) in [5.74, 6) is -1.18. The van der Waals surface area contributed by atoms with Crippen molar-refractivity contribution in [3.05, 3.63) is 12.3 Å². The molecule has 0 aliphatic carbocycles. The lowest BCUT2D eigenvalue weighted by Gasteiger charge is -1.88. The van der Waals surface area contributed by atoms with Crippen LogP contribution >= 0.6 is 0 Å². The van der Waals surface area contributed by atoms with Crippen molar-refractivity contribution in [3.63, 3.8) is 0 Å². The molecule has 0 bridgehead atoms. The Morgan fingerprint density at radius 2 is 2.22 bits per heavy atom. The first kappa shape index (κ1) is 8.07. The lowest BCUT2D eigenvalue weighted by Crippen LogP contribution is -2.07. The first-order chi connectivity index (χ1) is 4.18. The van der Waals surface area contributed by atoms with Crippen molar-refractivity contribution >= 4 is 5.78 Å². The standard InChI is InChI=1S/C5H7F2NO/c1-8-3-2-4(9)5(6)7/h2-3,5,8H,1H3/b3-2-. The van der Waals surface area contributed by atoms with Crippen LogP contribution in [0, 0.1) is 0 Å². The molecule has 0 aromatic carbocycles. The van der Waals surface area contributed by atoms with Crippen molar-refractivity contribution in [1.29, 1.82) is 0 Å². The van der Waals surface area contributed by atoms with Gasteiger partial charge in [0.1, 0.15) is 0 Å². The van der Waals surface area contributed by atoms with E-state index in [4.69, 9.17) is 0 Å². The van der Waals surface area contributed by atoms with Crippen LogP contribution in [-0.2, 0) is 4.79 Å². The van der Waals surface area contributed by atoms with Crippen LogP contribution in [0.2, 0.25) is 0 Å². The van der Waals surface area contributed by atoms with E-state index in [1.165, 1.54) is 7.05 Å². The van der Waals surface area contributed by atoms with Gasteiger partial charge >= 0.3 is 0 Å². The fourth-order valence-corrected chi connectivity index (χ4v) is 0.238. The number of ketones is 1. The molecule has 0 saturated carbocycles. The number of hydrogen-bond acceptors (Lipinski definition) is 2. The highest BCUT2D eigenvalue weighted by Crippen LogP contribution is 1.93. The Balaban J connectivity index is 3.63. The van der Waals surface area contributed by atoms with Crippen LogP contribution < -0.4 is 5.32 Å². The maximum absolute atomic E-state index is 11.3. The molecule has 0 aliphatic rings. The van der Waals surface area contributed by atoms with Crippen LogP contribution in [0.4, 0.5) is 8.78 Å². The average Bonchev–Trinajstić information content (AvgIpc) is 1.82. The predicted octanol–water partition coefficient (Wildman–Crippen LogP) is 0.554. The van der Waals surface area contributed by atoms with Gasteiger partial charge in [0.15, 0.2) is 0 Å². The maximum atomic E-state index is 11.3. The summed E-state index contributed by atoms with van der Waals surface area (Å²) in [5, 5.41) is 2.42. The third kappa shape index (κ3) is 3.64. The maximum Gasteiger partial charge on any atom is 0.299 e. The zero-order valence-electron chi connectivity index (χ0n) is 4.90. The first-order valence-electron chi connectivity index (χ1n) is 2.34. The van der Waals surface area contributed by atoms with E-state index in [-0.39, 0.29) is 0 Å². The molecule has 4 heteroatoms. The molecule has 0 atom stereocenters. The summed E-state index contributed by atoms with van der Waals surface area (Å²) in [5.41, 5.74) is 0. The number of halogens is 2. The SMILES string of the molecule is CN/C=C\C(=O)C(F)F. The van der Waals surface area contributed by atoms with Crippen LogP contribution in [0.1, 0.15) is 0 Å². The van der Waals surface area contributed by atoms with E-state index in [9.17, 15) is 13.6 Å². The van der Waals surface area contributed by atoms with Gasteiger partial charge in [0.05, 0.1) is 0 Å². The molecule has 0 amide bonds. The predicted molar refractivity (Wildman–Crippen MR) is 29.2 cm³/mol. The van der Waals surface area contributed by atoms with Crippen molar-refractivity contribution in [2.45, 2.75) is 6.43 Å². The number of nitrogens with one attached hydrogen (secondary N) is 1. The van der Waals surface area contributed by atoms with Crippen LogP contribution in [0.5, 0.6) is 0 Å². The number of hydrogen-bond donors (Lipinski definition) is 1. The highest BCUT2D eigenvalue weighted by molar-refractivity contribution is 5.92. The van der Waals surface area contributed by atoms with Crippen molar-refractivity contribution in [1.82, 2.24) is 5.32 Å². The zero-order valence-corrected chi connectivity index (χ0v) is 4.90. The van der Waals surface area contributed by atoms with Crippen LogP contribution in [-0.4, -0.2) is 19.3 Å². The largest absolute Gasteiger partial charge is 0.394 e. The van der Waals surface area contributed by atoms with Gasteiger partial charge in [-0.15, -0.1) is 0 Å². The minimum Gasteiger partial charge on any atom is -0.394 e. The van der Waals surface area contributed by atoms with Gasteiger partial charge in [0.25, 0.3) is 6.43 Å². The molecule has 0 spiro atoms. The second-order valence-electron chi connectivity index (χ2n) is 1.33. The third-order valence-corrected chi connectivity index (χ3v) is 0.629. The Morgan fingerprint density at radius 1 is 1.67 bits per heavy atom. The smallest absolute Gasteiger partial charge is 0.299 e. The topological polar surface area (TPSA) is 29.1 Å². The Hall–Kier alpha value is -0.930. The quantitative estimate of drug-likeness (QED) is 0.572. The minimum absolute atomic E-state index is 0.796. The molecule has 0 radical (unpaired) electrons. The number of rotatable bonds is 3. The number of carbonyl (C=O) groups is 1. The highest BCUT2D eigenvalue weighted by atomic mass is 19.3. The molecule has 2 nitrogen and oxygen atoms in total. The van der Waals surface area contributed by atoms with E-state index in [0.717, 1.165) is 12.3 Å².